The fraction of sp³-hybridized carbons (Fsp3) is 0.150. The van der Waals surface area contributed by atoms with Crippen LogP contribution in [0.1, 0.15) is 38.7 Å². The summed E-state index contributed by atoms with van der Waals surface area (Å²) in [5.41, 5.74) is 0.707. The molecule has 29 heavy (non-hydrogen) atoms. The van der Waals surface area contributed by atoms with Crippen LogP contribution in [0.25, 0.3) is 0 Å². The van der Waals surface area contributed by atoms with Gasteiger partial charge in [-0.3, -0.25) is 0 Å². The molecule has 0 fully saturated rings. The molecule has 9 heteroatoms. The second kappa shape index (κ2) is 8.06. The monoisotopic (exact) mass is 401 g/mol. The van der Waals surface area contributed by atoms with E-state index in [1.165, 1.54) is 30.6 Å². The summed E-state index contributed by atoms with van der Waals surface area (Å²) < 4.78 is 43.1. The lowest BCUT2D eigenvalue weighted by molar-refractivity contribution is -0.137. The Hall–Kier alpha value is -3.80. The Morgan fingerprint density at radius 2 is 1.86 bits per heavy atom. The van der Waals surface area contributed by atoms with E-state index < -0.39 is 17.7 Å². The van der Waals surface area contributed by atoms with E-state index in [0.29, 0.717) is 28.4 Å². The van der Waals surface area contributed by atoms with E-state index in [-0.39, 0.29) is 12.3 Å². The molecule has 2 N–H and O–H groups in total. The van der Waals surface area contributed by atoms with Crippen LogP contribution in [-0.2, 0) is 12.7 Å². The van der Waals surface area contributed by atoms with Crippen LogP contribution in [0, 0.1) is 18.8 Å². The SMILES string of the molecule is Cc1ncnc(NCc2ccc(C(=O)O)o2)c1C#Cc1ccc(C(F)(F)F)cc1. The first-order chi connectivity index (χ1) is 13.7. The van der Waals surface area contributed by atoms with Gasteiger partial charge >= 0.3 is 12.1 Å². The molecular formula is C20H14F3N3O3. The van der Waals surface area contributed by atoms with Crippen LogP contribution in [0.15, 0.2) is 47.1 Å². The predicted octanol–water partition coefficient (Wildman–Crippen LogP) is 4.11. The van der Waals surface area contributed by atoms with Crippen LogP contribution in [0.5, 0.6) is 0 Å². The highest BCUT2D eigenvalue weighted by atomic mass is 19.4. The van der Waals surface area contributed by atoms with Crippen LogP contribution in [0.3, 0.4) is 0 Å². The van der Waals surface area contributed by atoms with E-state index in [4.69, 9.17) is 9.52 Å². The van der Waals surface area contributed by atoms with Crippen molar-refractivity contribution in [1.82, 2.24) is 9.97 Å². The molecule has 0 aliphatic rings. The molecule has 0 atom stereocenters. The Labute approximate surface area is 163 Å². The largest absolute Gasteiger partial charge is 0.475 e. The quantitative estimate of drug-likeness (QED) is 0.640. The topological polar surface area (TPSA) is 88.2 Å². The molecule has 0 unspecified atom stereocenters. The van der Waals surface area contributed by atoms with Crippen molar-refractivity contribution in [2.24, 2.45) is 0 Å². The first-order valence-corrected chi connectivity index (χ1v) is 8.31. The van der Waals surface area contributed by atoms with E-state index in [9.17, 15) is 18.0 Å². The molecular weight excluding hydrogens is 387 g/mol. The molecule has 0 saturated heterocycles. The molecule has 0 bridgehead atoms. The van der Waals surface area contributed by atoms with Gasteiger partial charge in [0.1, 0.15) is 17.9 Å². The van der Waals surface area contributed by atoms with Gasteiger partial charge in [-0.25, -0.2) is 14.8 Å². The first-order valence-electron chi connectivity index (χ1n) is 8.31. The average molecular weight is 401 g/mol. The lowest BCUT2D eigenvalue weighted by atomic mass is 10.1. The number of aryl methyl sites for hydroxylation is 1. The van der Waals surface area contributed by atoms with Gasteiger partial charge in [0.05, 0.1) is 23.4 Å². The smallest absolute Gasteiger partial charge is 0.416 e. The van der Waals surface area contributed by atoms with Crippen LogP contribution >= 0.6 is 0 Å². The van der Waals surface area contributed by atoms with Crippen molar-refractivity contribution < 1.29 is 27.5 Å². The Balaban J connectivity index is 1.80. The summed E-state index contributed by atoms with van der Waals surface area (Å²) in [6.07, 6.45) is -3.06. The van der Waals surface area contributed by atoms with Gasteiger partial charge in [-0.05, 0) is 43.3 Å². The van der Waals surface area contributed by atoms with Gasteiger partial charge in [0.15, 0.2) is 0 Å². The molecule has 3 aromatic rings. The maximum Gasteiger partial charge on any atom is 0.416 e. The second-order valence-corrected chi connectivity index (χ2v) is 5.93. The molecule has 148 valence electrons. The van der Waals surface area contributed by atoms with Crippen LogP contribution in [-0.4, -0.2) is 21.0 Å². The molecule has 0 aliphatic carbocycles. The third-order valence-electron chi connectivity index (χ3n) is 3.88. The number of anilines is 1. The molecule has 2 aromatic heterocycles. The number of hydrogen-bond donors (Lipinski definition) is 2. The Kier molecular flexibility index (Phi) is 5.54. The summed E-state index contributed by atoms with van der Waals surface area (Å²) in [6, 6.07) is 7.38. The summed E-state index contributed by atoms with van der Waals surface area (Å²) in [5, 5.41) is 11.9. The van der Waals surface area contributed by atoms with E-state index in [1.54, 1.807) is 6.92 Å². The number of carboxylic acids is 1. The summed E-state index contributed by atoms with van der Waals surface area (Å²) >= 11 is 0. The number of aromatic nitrogens is 2. The minimum Gasteiger partial charge on any atom is -0.475 e. The standard InChI is InChI=1S/C20H14F3N3O3/c1-12-16(8-4-13-2-5-14(6-3-13)20(21,22)23)18(26-11-25-12)24-10-15-7-9-17(29-15)19(27)28/h2-3,5-7,9,11H,10H2,1H3,(H,27,28)(H,24,25,26). The van der Waals surface area contributed by atoms with Gasteiger partial charge in [0, 0.05) is 5.56 Å². The number of rotatable bonds is 4. The number of nitrogens with zero attached hydrogens (tertiary/aromatic N) is 2. The fourth-order valence-electron chi connectivity index (χ4n) is 2.39. The molecule has 0 spiro atoms. The number of aromatic carboxylic acids is 1. The van der Waals surface area contributed by atoms with Gasteiger partial charge in [0.25, 0.3) is 0 Å². The number of halogens is 3. The van der Waals surface area contributed by atoms with Crippen molar-refractivity contribution in [1.29, 1.82) is 0 Å². The zero-order valence-electron chi connectivity index (χ0n) is 15.0. The normalized spacial score (nSPS) is 10.9. The minimum atomic E-state index is -4.40. The molecule has 0 radical (unpaired) electrons. The zero-order chi connectivity index (χ0) is 21.0. The number of nitrogens with one attached hydrogen (secondary N) is 1. The van der Waals surface area contributed by atoms with E-state index >= 15 is 0 Å². The van der Waals surface area contributed by atoms with Crippen LogP contribution in [0.2, 0.25) is 0 Å². The number of alkyl halides is 3. The molecule has 0 saturated carbocycles. The van der Waals surface area contributed by atoms with Crippen molar-refractivity contribution in [3.8, 4) is 11.8 Å². The predicted molar refractivity (Wildman–Crippen MR) is 97.2 cm³/mol. The summed E-state index contributed by atoms with van der Waals surface area (Å²) in [4.78, 5) is 19.1. The average Bonchev–Trinajstić information content (AvgIpc) is 3.14. The highest BCUT2D eigenvalue weighted by molar-refractivity contribution is 5.84. The molecule has 2 heterocycles. The molecule has 6 nitrogen and oxygen atoms in total. The van der Waals surface area contributed by atoms with Crippen molar-refractivity contribution in [3.63, 3.8) is 0 Å². The van der Waals surface area contributed by atoms with E-state index in [2.05, 4.69) is 27.1 Å². The maximum absolute atomic E-state index is 12.6. The van der Waals surface area contributed by atoms with E-state index in [1.807, 2.05) is 0 Å². The van der Waals surface area contributed by atoms with Gasteiger partial charge in [0.2, 0.25) is 5.76 Å². The fourth-order valence-corrected chi connectivity index (χ4v) is 2.39. The molecule has 3 rings (SSSR count). The molecule has 0 aliphatic heterocycles. The third kappa shape index (κ3) is 4.93. The lowest BCUT2D eigenvalue weighted by Gasteiger charge is -2.07. The molecule has 0 amide bonds. The van der Waals surface area contributed by atoms with Crippen LogP contribution < -0.4 is 5.32 Å². The number of carboxylic acid groups (broad SMARTS) is 1. The Morgan fingerprint density at radius 1 is 1.14 bits per heavy atom. The van der Waals surface area contributed by atoms with Crippen molar-refractivity contribution in [2.45, 2.75) is 19.6 Å². The zero-order valence-corrected chi connectivity index (χ0v) is 15.0. The highest BCUT2D eigenvalue weighted by Crippen LogP contribution is 2.29. The number of furan rings is 1. The summed E-state index contributed by atoms with van der Waals surface area (Å²) in [5.74, 6) is 5.11. The van der Waals surface area contributed by atoms with Crippen molar-refractivity contribution in [2.75, 3.05) is 5.32 Å². The van der Waals surface area contributed by atoms with Gasteiger partial charge in [-0.15, -0.1) is 0 Å². The number of hydrogen-bond acceptors (Lipinski definition) is 5. The first kappa shape index (κ1) is 19.9. The molecule has 1 aromatic carbocycles. The summed E-state index contributed by atoms with van der Waals surface area (Å²) in [7, 11) is 0. The van der Waals surface area contributed by atoms with E-state index in [0.717, 1.165) is 12.1 Å². The number of benzene rings is 1. The highest BCUT2D eigenvalue weighted by Gasteiger charge is 2.29. The van der Waals surface area contributed by atoms with Crippen molar-refractivity contribution in [3.05, 3.63) is 76.6 Å². The Bertz CT molecular complexity index is 1090. The third-order valence-corrected chi connectivity index (χ3v) is 3.88. The van der Waals surface area contributed by atoms with Gasteiger partial charge in [-0.2, -0.15) is 13.2 Å². The minimum absolute atomic E-state index is 0.165. The summed E-state index contributed by atoms with van der Waals surface area (Å²) in [6.45, 7) is 1.89. The van der Waals surface area contributed by atoms with Crippen LogP contribution in [0.4, 0.5) is 19.0 Å². The number of carbonyl (C=O) groups is 1. The lowest BCUT2D eigenvalue weighted by Crippen LogP contribution is -2.05. The maximum atomic E-state index is 12.6. The van der Waals surface area contributed by atoms with Crippen molar-refractivity contribution >= 4 is 11.8 Å². The second-order valence-electron chi connectivity index (χ2n) is 5.93. The van der Waals surface area contributed by atoms with Gasteiger partial charge < -0.3 is 14.8 Å². The van der Waals surface area contributed by atoms with Gasteiger partial charge in [-0.1, -0.05) is 11.8 Å². The Morgan fingerprint density at radius 3 is 2.48 bits per heavy atom.